The maximum atomic E-state index is 12.3. The summed E-state index contributed by atoms with van der Waals surface area (Å²) in [5.41, 5.74) is 0.822. The van der Waals surface area contributed by atoms with Crippen LogP contribution in [0.25, 0.3) is 10.9 Å². The number of sulfonamides is 1. The van der Waals surface area contributed by atoms with Gasteiger partial charge in [-0.25, -0.2) is 8.42 Å². The summed E-state index contributed by atoms with van der Waals surface area (Å²) >= 11 is 0. The minimum Gasteiger partial charge on any atom is -0.487 e. The van der Waals surface area contributed by atoms with Gasteiger partial charge in [-0.3, -0.25) is 4.98 Å². The number of unbranched alkanes of at least 4 members (excludes halogenated alkanes) is 1. The Morgan fingerprint density at radius 1 is 1.30 bits per heavy atom. The lowest BCUT2D eigenvalue weighted by molar-refractivity contribution is 0.218. The van der Waals surface area contributed by atoms with Crippen LogP contribution < -0.4 is 4.74 Å². The maximum absolute atomic E-state index is 12.3. The first-order valence-corrected chi connectivity index (χ1v) is 9.69. The van der Waals surface area contributed by atoms with Gasteiger partial charge in [-0.05, 0) is 25.0 Å². The molecule has 2 heterocycles. The van der Waals surface area contributed by atoms with E-state index in [1.807, 2.05) is 37.3 Å². The van der Waals surface area contributed by atoms with Gasteiger partial charge in [0.25, 0.3) is 0 Å². The summed E-state index contributed by atoms with van der Waals surface area (Å²) in [5.74, 6) is 0.951. The zero-order valence-electron chi connectivity index (χ0n) is 13.3. The van der Waals surface area contributed by atoms with E-state index < -0.39 is 10.0 Å². The Labute approximate surface area is 137 Å². The van der Waals surface area contributed by atoms with Gasteiger partial charge in [0.1, 0.15) is 17.4 Å². The molecule has 1 aliphatic rings. The number of ether oxygens (including phenoxy) is 1. The second-order valence-corrected chi connectivity index (χ2v) is 7.98. The number of hydrogen-bond donors (Lipinski definition) is 0. The van der Waals surface area contributed by atoms with E-state index in [1.54, 1.807) is 10.5 Å². The van der Waals surface area contributed by atoms with Crippen molar-refractivity contribution in [3.63, 3.8) is 0 Å². The molecule has 1 fully saturated rings. The van der Waals surface area contributed by atoms with E-state index in [9.17, 15) is 8.42 Å². The molecule has 3 rings (SSSR count). The second kappa shape index (κ2) is 6.84. The fraction of sp³-hybridized carbons (Fsp3) is 0.471. The van der Waals surface area contributed by atoms with Crippen LogP contribution in [-0.2, 0) is 10.0 Å². The Morgan fingerprint density at radius 2 is 2.13 bits per heavy atom. The number of pyridine rings is 1. The van der Waals surface area contributed by atoms with Gasteiger partial charge in [0, 0.05) is 18.1 Å². The monoisotopic (exact) mass is 334 g/mol. The highest BCUT2D eigenvalue weighted by molar-refractivity contribution is 7.89. The average molecular weight is 334 g/mol. The summed E-state index contributed by atoms with van der Waals surface area (Å²) in [7, 11) is -3.15. The molecule has 0 bridgehead atoms. The molecule has 0 spiro atoms. The Kier molecular flexibility index (Phi) is 4.82. The van der Waals surface area contributed by atoms with Crippen molar-refractivity contribution in [3.05, 3.63) is 36.5 Å². The lowest BCUT2D eigenvalue weighted by atomic mass is 10.2. The topological polar surface area (TPSA) is 59.5 Å². The highest BCUT2D eigenvalue weighted by Gasteiger charge is 2.32. The Morgan fingerprint density at radius 3 is 2.96 bits per heavy atom. The molecular formula is C17H22N2O3S. The summed E-state index contributed by atoms with van der Waals surface area (Å²) in [6, 6.07) is 9.70. The number of benzene rings is 1. The molecule has 0 radical (unpaired) electrons. The van der Waals surface area contributed by atoms with E-state index in [0.717, 1.165) is 23.1 Å². The quantitative estimate of drug-likeness (QED) is 0.815. The van der Waals surface area contributed by atoms with E-state index in [2.05, 4.69) is 4.98 Å². The van der Waals surface area contributed by atoms with Gasteiger partial charge in [0.05, 0.1) is 12.3 Å². The first-order valence-electron chi connectivity index (χ1n) is 8.08. The molecule has 1 atom stereocenters. The number of hydrogen-bond acceptors (Lipinski definition) is 4. The fourth-order valence-corrected chi connectivity index (χ4v) is 4.54. The number of fused-ring (bicyclic) bond motifs is 1. The highest BCUT2D eigenvalue weighted by atomic mass is 32.2. The molecular weight excluding hydrogens is 312 g/mol. The molecule has 1 aliphatic heterocycles. The van der Waals surface area contributed by atoms with Crippen molar-refractivity contribution in [2.45, 2.75) is 32.3 Å². The third-order valence-electron chi connectivity index (χ3n) is 4.15. The smallest absolute Gasteiger partial charge is 0.214 e. The largest absolute Gasteiger partial charge is 0.487 e. The third kappa shape index (κ3) is 3.64. The standard InChI is InChI=1S/C17H22N2O3S/c1-2-3-12-23(20,21)19-11-9-15(13-19)22-16-8-4-6-14-7-5-10-18-17(14)16/h4-8,10,15H,2-3,9,11-13H2,1H3. The zero-order chi connectivity index (χ0) is 16.3. The zero-order valence-corrected chi connectivity index (χ0v) is 14.1. The Bertz CT molecular complexity index is 771. The summed E-state index contributed by atoms with van der Waals surface area (Å²) in [4.78, 5) is 4.37. The predicted octanol–water partition coefficient (Wildman–Crippen LogP) is 2.82. The van der Waals surface area contributed by atoms with Crippen LogP contribution >= 0.6 is 0 Å². The molecule has 0 N–H and O–H groups in total. The molecule has 2 aromatic rings. The van der Waals surface area contributed by atoms with Gasteiger partial charge in [0.2, 0.25) is 10.0 Å². The summed E-state index contributed by atoms with van der Waals surface area (Å²) in [6.07, 6.45) is 3.94. The summed E-state index contributed by atoms with van der Waals surface area (Å²) < 4.78 is 32.1. The Hall–Kier alpha value is -1.66. The lowest BCUT2D eigenvalue weighted by Crippen LogP contribution is -2.32. The molecule has 1 saturated heterocycles. The fourth-order valence-electron chi connectivity index (χ4n) is 2.85. The van der Waals surface area contributed by atoms with Crippen LogP contribution in [0.4, 0.5) is 0 Å². The van der Waals surface area contributed by atoms with E-state index in [1.165, 1.54) is 0 Å². The van der Waals surface area contributed by atoms with Crippen molar-refractivity contribution in [1.82, 2.24) is 9.29 Å². The van der Waals surface area contributed by atoms with Gasteiger partial charge < -0.3 is 4.74 Å². The van der Waals surface area contributed by atoms with Crippen molar-refractivity contribution < 1.29 is 13.2 Å². The third-order valence-corrected chi connectivity index (χ3v) is 6.07. The van der Waals surface area contributed by atoms with Crippen LogP contribution in [0.3, 0.4) is 0 Å². The van der Waals surface area contributed by atoms with Crippen molar-refractivity contribution in [2.75, 3.05) is 18.8 Å². The van der Waals surface area contributed by atoms with Gasteiger partial charge in [-0.1, -0.05) is 31.5 Å². The summed E-state index contributed by atoms with van der Waals surface area (Å²) in [5, 5.41) is 1.02. The van der Waals surface area contributed by atoms with Crippen molar-refractivity contribution in [1.29, 1.82) is 0 Å². The van der Waals surface area contributed by atoms with Gasteiger partial charge in [-0.2, -0.15) is 4.31 Å². The molecule has 23 heavy (non-hydrogen) atoms. The van der Waals surface area contributed by atoms with E-state index in [-0.39, 0.29) is 11.9 Å². The molecule has 5 nitrogen and oxygen atoms in total. The van der Waals surface area contributed by atoms with Crippen molar-refractivity contribution >= 4 is 20.9 Å². The molecule has 124 valence electrons. The van der Waals surface area contributed by atoms with Crippen molar-refractivity contribution in [3.8, 4) is 5.75 Å². The van der Waals surface area contributed by atoms with Crippen LogP contribution in [0.15, 0.2) is 36.5 Å². The van der Waals surface area contributed by atoms with E-state index >= 15 is 0 Å². The van der Waals surface area contributed by atoms with Crippen molar-refractivity contribution in [2.24, 2.45) is 0 Å². The minimum atomic E-state index is -3.15. The first-order chi connectivity index (χ1) is 11.1. The highest BCUT2D eigenvalue weighted by Crippen LogP contribution is 2.27. The average Bonchev–Trinajstić information content (AvgIpc) is 3.03. The first kappa shape index (κ1) is 16.2. The van der Waals surface area contributed by atoms with E-state index in [4.69, 9.17) is 4.74 Å². The molecule has 0 aliphatic carbocycles. The maximum Gasteiger partial charge on any atom is 0.214 e. The van der Waals surface area contributed by atoms with Gasteiger partial charge in [-0.15, -0.1) is 0 Å². The molecule has 6 heteroatoms. The number of aromatic nitrogens is 1. The van der Waals surface area contributed by atoms with Gasteiger partial charge in [0.15, 0.2) is 0 Å². The molecule has 1 aromatic carbocycles. The van der Waals surface area contributed by atoms with Gasteiger partial charge >= 0.3 is 0 Å². The summed E-state index contributed by atoms with van der Waals surface area (Å²) in [6.45, 7) is 2.96. The van der Waals surface area contributed by atoms with E-state index in [0.29, 0.717) is 25.9 Å². The number of nitrogens with zero attached hydrogens (tertiary/aromatic N) is 2. The molecule has 1 aromatic heterocycles. The van der Waals surface area contributed by atoms with Crippen LogP contribution in [0, 0.1) is 0 Å². The Balaban J connectivity index is 1.70. The van der Waals surface area contributed by atoms with Crippen LogP contribution in [-0.4, -0.2) is 42.7 Å². The molecule has 0 amide bonds. The lowest BCUT2D eigenvalue weighted by Gasteiger charge is -2.17. The number of para-hydroxylation sites is 1. The normalized spacial score (nSPS) is 19.3. The number of rotatable bonds is 6. The van der Waals surface area contributed by atoms with Crippen LogP contribution in [0.1, 0.15) is 26.2 Å². The SMILES string of the molecule is CCCCS(=O)(=O)N1CCC(Oc2cccc3cccnc23)C1. The predicted molar refractivity (Wildman–Crippen MR) is 91.0 cm³/mol. The minimum absolute atomic E-state index is 0.112. The molecule has 1 unspecified atom stereocenters. The van der Waals surface area contributed by atoms with Crippen LogP contribution in [0.5, 0.6) is 5.75 Å². The van der Waals surface area contributed by atoms with Crippen LogP contribution in [0.2, 0.25) is 0 Å². The molecule has 0 saturated carbocycles. The second-order valence-electron chi connectivity index (χ2n) is 5.89.